The maximum absolute atomic E-state index is 13.6. The number of benzene rings is 1. The molecule has 0 amide bonds. The van der Waals surface area contributed by atoms with E-state index in [0.717, 1.165) is 25.3 Å². The minimum absolute atomic E-state index is 0.0519. The van der Waals surface area contributed by atoms with Crippen molar-refractivity contribution in [1.82, 2.24) is 4.31 Å². The van der Waals surface area contributed by atoms with Crippen LogP contribution in [0.3, 0.4) is 0 Å². The average molecular weight is 288 g/mol. The van der Waals surface area contributed by atoms with E-state index < -0.39 is 15.8 Å². The lowest BCUT2D eigenvalue weighted by molar-refractivity contribution is 0.453. The summed E-state index contributed by atoms with van der Waals surface area (Å²) in [6, 6.07) is 2.44. The molecule has 1 rings (SSSR count). The van der Waals surface area contributed by atoms with Crippen LogP contribution >= 0.6 is 0 Å². The molecule has 0 heterocycles. The first-order chi connectivity index (χ1) is 8.80. The van der Waals surface area contributed by atoms with Gasteiger partial charge in [-0.1, -0.05) is 19.8 Å². The zero-order chi connectivity index (χ0) is 14.6. The Kier molecular flexibility index (Phi) is 5.31. The molecular formula is C13H21FN2O2S. The van der Waals surface area contributed by atoms with Gasteiger partial charge in [0.05, 0.1) is 4.90 Å². The Balaban J connectivity index is 3.06. The van der Waals surface area contributed by atoms with Crippen molar-refractivity contribution in [3.05, 3.63) is 23.5 Å². The van der Waals surface area contributed by atoms with Crippen molar-refractivity contribution in [3.63, 3.8) is 0 Å². The molecule has 0 saturated heterocycles. The third-order valence-corrected chi connectivity index (χ3v) is 5.07. The Morgan fingerprint density at radius 3 is 2.53 bits per heavy atom. The van der Waals surface area contributed by atoms with Crippen LogP contribution < -0.4 is 5.73 Å². The highest BCUT2D eigenvalue weighted by Crippen LogP contribution is 2.24. The molecule has 0 fully saturated rings. The zero-order valence-electron chi connectivity index (χ0n) is 11.6. The quantitative estimate of drug-likeness (QED) is 0.646. The van der Waals surface area contributed by atoms with Gasteiger partial charge in [0.25, 0.3) is 0 Å². The molecule has 0 unspecified atom stereocenters. The molecule has 0 radical (unpaired) electrons. The lowest BCUT2D eigenvalue weighted by Crippen LogP contribution is -2.28. The summed E-state index contributed by atoms with van der Waals surface area (Å²) >= 11 is 0. The van der Waals surface area contributed by atoms with E-state index in [1.54, 1.807) is 0 Å². The predicted molar refractivity (Wildman–Crippen MR) is 74.9 cm³/mol. The predicted octanol–water partition coefficient (Wildman–Crippen LogP) is 2.53. The van der Waals surface area contributed by atoms with E-state index in [4.69, 9.17) is 5.73 Å². The minimum atomic E-state index is -3.68. The van der Waals surface area contributed by atoms with E-state index in [2.05, 4.69) is 0 Å². The molecule has 0 spiro atoms. The van der Waals surface area contributed by atoms with Crippen molar-refractivity contribution in [3.8, 4) is 0 Å². The Hall–Kier alpha value is -1.14. The SMILES string of the molecule is CCCCCN(C)S(=O)(=O)c1cc(N)cc(F)c1C. The van der Waals surface area contributed by atoms with E-state index in [1.807, 2.05) is 6.92 Å². The molecule has 108 valence electrons. The first-order valence-electron chi connectivity index (χ1n) is 6.32. The second-order valence-electron chi connectivity index (χ2n) is 4.66. The highest BCUT2D eigenvalue weighted by Gasteiger charge is 2.24. The van der Waals surface area contributed by atoms with Crippen molar-refractivity contribution in [2.24, 2.45) is 0 Å². The minimum Gasteiger partial charge on any atom is -0.399 e. The van der Waals surface area contributed by atoms with Gasteiger partial charge in [0.2, 0.25) is 10.0 Å². The topological polar surface area (TPSA) is 63.4 Å². The summed E-state index contributed by atoms with van der Waals surface area (Å²) in [4.78, 5) is -0.0519. The maximum atomic E-state index is 13.6. The molecule has 19 heavy (non-hydrogen) atoms. The number of hydrogen-bond donors (Lipinski definition) is 1. The van der Waals surface area contributed by atoms with Crippen LogP contribution in [0.1, 0.15) is 31.7 Å². The van der Waals surface area contributed by atoms with Gasteiger partial charge in [0, 0.05) is 24.8 Å². The summed E-state index contributed by atoms with van der Waals surface area (Å²) in [5.41, 5.74) is 5.75. The van der Waals surface area contributed by atoms with Crippen molar-refractivity contribution >= 4 is 15.7 Å². The van der Waals surface area contributed by atoms with Crippen LogP contribution in [0.15, 0.2) is 17.0 Å². The van der Waals surface area contributed by atoms with Gasteiger partial charge in [-0.25, -0.2) is 17.1 Å². The van der Waals surface area contributed by atoms with Gasteiger partial charge < -0.3 is 5.73 Å². The number of hydrogen-bond acceptors (Lipinski definition) is 3. The van der Waals surface area contributed by atoms with Crippen molar-refractivity contribution < 1.29 is 12.8 Å². The van der Waals surface area contributed by atoms with Crippen molar-refractivity contribution in [1.29, 1.82) is 0 Å². The lowest BCUT2D eigenvalue weighted by Gasteiger charge is -2.19. The number of nitrogens with zero attached hydrogens (tertiary/aromatic N) is 1. The lowest BCUT2D eigenvalue weighted by atomic mass is 10.2. The van der Waals surface area contributed by atoms with Crippen LogP contribution in [0, 0.1) is 12.7 Å². The average Bonchev–Trinajstić information content (AvgIpc) is 2.33. The number of halogens is 1. The number of nitrogen functional groups attached to an aromatic ring is 1. The highest BCUT2D eigenvalue weighted by atomic mass is 32.2. The number of anilines is 1. The first-order valence-corrected chi connectivity index (χ1v) is 7.76. The van der Waals surface area contributed by atoms with Crippen molar-refractivity contribution in [2.45, 2.75) is 38.0 Å². The Morgan fingerprint density at radius 1 is 1.32 bits per heavy atom. The Labute approximate surface area is 114 Å². The van der Waals surface area contributed by atoms with Crippen LogP contribution in [0.2, 0.25) is 0 Å². The zero-order valence-corrected chi connectivity index (χ0v) is 12.4. The van der Waals surface area contributed by atoms with E-state index in [1.165, 1.54) is 24.3 Å². The van der Waals surface area contributed by atoms with Crippen LogP contribution in [-0.4, -0.2) is 26.3 Å². The molecule has 2 N–H and O–H groups in total. The fourth-order valence-corrected chi connectivity index (χ4v) is 3.29. The molecule has 1 aromatic carbocycles. The summed E-state index contributed by atoms with van der Waals surface area (Å²) < 4.78 is 39.5. The second kappa shape index (κ2) is 6.34. The summed E-state index contributed by atoms with van der Waals surface area (Å²) in [6.45, 7) is 3.92. The fourth-order valence-electron chi connectivity index (χ4n) is 1.81. The normalized spacial score (nSPS) is 12.1. The summed E-state index contributed by atoms with van der Waals surface area (Å²) in [5.74, 6) is -0.597. The van der Waals surface area contributed by atoms with Gasteiger partial charge in [-0.2, -0.15) is 0 Å². The first kappa shape index (κ1) is 15.9. The van der Waals surface area contributed by atoms with E-state index in [-0.39, 0.29) is 16.1 Å². The molecule has 0 saturated carbocycles. The standard InChI is InChI=1S/C13H21FN2O2S/c1-4-5-6-7-16(3)19(17,18)13-9-11(15)8-12(14)10(13)2/h8-9H,4-7,15H2,1-3H3. The smallest absolute Gasteiger partial charge is 0.243 e. The highest BCUT2D eigenvalue weighted by molar-refractivity contribution is 7.89. The van der Waals surface area contributed by atoms with Crippen molar-refractivity contribution in [2.75, 3.05) is 19.3 Å². The molecule has 0 aromatic heterocycles. The Morgan fingerprint density at radius 2 is 1.95 bits per heavy atom. The van der Waals surface area contributed by atoms with Crippen LogP contribution in [0.5, 0.6) is 0 Å². The number of unbranched alkanes of at least 4 members (excludes halogenated alkanes) is 2. The van der Waals surface area contributed by atoms with E-state index in [0.29, 0.717) is 6.54 Å². The summed E-state index contributed by atoms with van der Waals surface area (Å²) in [6.07, 6.45) is 2.76. The van der Waals surface area contributed by atoms with E-state index >= 15 is 0 Å². The van der Waals surface area contributed by atoms with Gasteiger partial charge in [-0.15, -0.1) is 0 Å². The molecule has 0 atom stereocenters. The molecule has 4 nitrogen and oxygen atoms in total. The summed E-state index contributed by atoms with van der Waals surface area (Å²) in [7, 11) is -2.18. The third kappa shape index (κ3) is 3.67. The van der Waals surface area contributed by atoms with Crippen LogP contribution in [0.25, 0.3) is 0 Å². The molecule has 0 aliphatic rings. The fraction of sp³-hybridized carbons (Fsp3) is 0.538. The van der Waals surface area contributed by atoms with Gasteiger partial charge in [0.15, 0.2) is 0 Å². The van der Waals surface area contributed by atoms with Gasteiger partial charge in [0.1, 0.15) is 5.82 Å². The third-order valence-electron chi connectivity index (χ3n) is 3.08. The summed E-state index contributed by atoms with van der Waals surface area (Å²) in [5, 5.41) is 0. The number of rotatable bonds is 6. The van der Waals surface area contributed by atoms with E-state index in [9.17, 15) is 12.8 Å². The monoisotopic (exact) mass is 288 g/mol. The van der Waals surface area contributed by atoms with Crippen LogP contribution in [0.4, 0.5) is 10.1 Å². The molecule has 6 heteroatoms. The van der Waals surface area contributed by atoms with Gasteiger partial charge in [-0.05, 0) is 25.5 Å². The number of nitrogens with two attached hydrogens (primary N) is 1. The molecule has 1 aromatic rings. The van der Waals surface area contributed by atoms with Gasteiger partial charge >= 0.3 is 0 Å². The maximum Gasteiger partial charge on any atom is 0.243 e. The Bertz CT molecular complexity index is 544. The molecule has 0 bridgehead atoms. The van der Waals surface area contributed by atoms with Crippen LogP contribution in [-0.2, 0) is 10.0 Å². The second-order valence-corrected chi connectivity index (χ2v) is 6.67. The molecular weight excluding hydrogens is 267 g/mol. The largest absolute Gasteiger partial charge is 0.399 e. The molecule has 0 aliphatic carbocycles. The van der Waals surface area contributed by atoms with Gasteiger partial charge in [-0.3, -0.25) is 0 Å². The molecule has 0 aliphatic heterocycles. The number of sulfonamides is 1.